The van der Waals surface area contributed by atoms with Crippen molar-refractivity contribution in [2.24, 2.45) is 5.73 Å². The van der Waals surface area contributed by atoms with Crippen molar-refractivity contribution in [2.75, 3.05) is 13.1 Å². The topological polar surface area (TPSA) is 72.9 Å². The van der Waals surface area contributed by atoms with E-state index >= 15 is 0 Å². The Kier molecular flexibility index (Phi) is 5.49. The van der Waals surface area contributed by atoms with E-state index in [1.54, 1.807) is 28.9 Å². The number of carbonyl (C=O) groups excluding carboxylic acids is 1. The Balaban J connectivity index is 2.44. The van der Waals surface area contributed by atoms with Gasteiger partial charge >= 0.3 is 0 Å². The lowest BCUT2D eigenvalue weighted by molar-refractivity contribution is 0.0118. The van der Waals surface area contributed by atoms with Crippen molar-refractivity contribution in [3.63, 3.8) is 0 Å². The molecule has 0 unspecified atom stereocenters. The quantitative estimate of drug-likeness (QED) is 0.848. The zero-order chi connectivity index (χ0) is 18.8. The Morgan fingerprint density at radius 3 is 2.52 bits per heavy atom. The van der Waals surface area contributed by atoms with Crippen molar-refractivity contribution >= 4 is 17.5 Å². The van der Waals surface area contributed by atoms with Gasteiger partial charge in [-0.1, -0.05) is 29.8 Å². The van der Waals surface area contributed by atoms with Crippen molar-refractivity contribution in [3.05, 3.63) is 41.0 Å². The molecule has 0 radical (unpaired) electrons. The molecule has 0 bridgehead atoms. The monoisotopic (exact) mass is 370 g/mol. The Morgan fingerprint density at radius 1 is 1.32 bits per heavy atom. The van der Waals surface area contributed by atoms with E-state index in [1.165, 1.54) is 6.20 Å². The predicted molar refractivity (Wildman–Crippen MR) is 94.0 cm³/mol. The molecule has 25 heavy (non-hydrogen) atoms. The third-order valence-electron chi connectivity index (χ3n) is 3.58. The van der Waals surface area contributed by atoms with Crippen LogP contribution in [0.5, 0.6) is 0 Å². The number of nitrogens with two attached hydrogens (primary N) is 1. The lowest BCUT2D eigenvalue weighted by atomic mass is 10.1. The van der Waals surface area contributed by atoms with Crippen LogP contribution in [0.2, 0.25) is 5.02 Å². The number of hydrogen-bond donors (Lipinski definition) is 2. The molecule has 2 rings (SSSR count). The van der Waals surface area contributed by atoms with Crippen LogP contribution in [0.15, 0.2) is 30.5 Å². The second-order valence-corrected chi connectivity index (χ2v) is 7.14. The zero-order valence-electron chi connectivity index (χ0n) is 14.3. The van der Waals surface area contributed by atoms with E-state index in [-0.39, 0.29) is 5.56 Å². The van der Waals surface area contributed by atoms with Crippen LogP contribution in [0, 0.1) is 0 Å². The minimum atomic E-state index is -3.17. The molecule has 0 saturated heterocycles. The summed E-state index contributed by atoms with van der Waals surface area (Å²) in [6.07, 6.45) is 1.54. The summed E-state index contributed by atoms with van der Waals surface area (Å²) >= 11 is 6.21. The third-order valence-corrected chi connectivity index (χ3v) is 3.91. The van der Waals surface area contributed by atoms with Gasteiger partial charge in [0.25, 0.3) is 11.8 Å². The number of nitrogens with zero attached hydrogens (tertiary/aromatic N) is 2. The smallest absolute Gasteiger partial charge is 0.277 e. The van der Waals surface area contributed by atoms with Gasteiger partial charge in [0.05, 0.1) is 29.2 Å². The first kappa shape index (κ1) is 19.3. The molecular weight excluding hydrogens is 350 g/mol. The lowest BCUT2D eigenvalue weighted by Gasteiger charge is -2.18. The van der Waals surface area contributed by atoms with E-state index in [2.05, 4.69) is 10.4 Å². The summed E-state index contributed by atoms with van der Waals surface area (Å²) in [4.78, 5) is 12.5. The van der Waals surface area contributed by atoms with Crippen LogP contribution < -0.4 is 11.1 Å². The molecule has 1 heterocycles. The van der Waals surface area contributed by atoms with Gasteiger partial charge < -0.3 is 11.1 Å². The van der Waals surface area contributed by atoms with Gasteiger partial charge in [-0.05, 0) is 26.8 Å². The summed E-state index contributed by atoms with van der Waals surface area (Å²) in [6.45, 7) is 4.07. The van der Waals surface area contributed by atoms with Crippen molar-refractivity contribution in [3.8, 4) is 11.3 Å². The normalized spacial score (nSPS) is 12.3. The molecule has 8 heteroatoms. The number of hydrogen-bond acceptors (Lipinski definition) is 3. The number of alkyl halides is 2. The Morgan fingerprint density at radius 2 is 1.96 bits per heavy atom. The number of nitrogens with one attached hydrogen (secondary N) is 1. The SMILES string of the molecule is CC(C)(C)n1cc(C(=O)NCC(F)(F)CN)c(-c2ccccc2Cl)n1. The molecular formula is C17H21ClF2N4O. The molecule has 0 atom stereocenters. The van der Waals surface area contributed by atoms with Gasteiger partial charge in [-0.25, -0.2) is 8.78 Å². The second-order valence-electron chi connectivity index (χ2n) is 6.73. The van der Waals surface area contributed by atoms with Crippen LogP contribution in [-0.4, -0.2) is 34.7 Å². The average Bonchev–Trinajstić information content (AvgIpc) is 2.98. The highest BCUT2D eigenvalue weighted by Gasteiger charge is 2.29. The molecule has 1 aromatic carbocycles. The number of carbonyl (C=O) groups is 1. The minimum Gasteiger partial charge on any atom is -0.346 e. The number of rotatable bonds is 5. The summed E-state index contributed by atoms with van der Waals surface area (Å²) in [6, 6.07) is 6.93. The van der Waals surface area contributed by atoms with Crippen LogP contribution in [0.4, 0.5) is 8.78 Å². The predicted octanol–water partition coefficient (Wildman–Crippen LogP) is 3.28. The lowest BCUT2D eigenvalue weighted by Crippen LogP contribution is -2.41. The third kappa shape index (κ3) is 4.55. The summed E-state index contributed by atoms with van der Waals surface area (Å²) in [5, 5.41) is 7.10. The number of halogens is 3. The van der Waals surface area contributed by atoms with E-state index in [0.29, 0.717) is 16.3 Å². The summed E-state index contributed by atoms with van der Waals surface area (Å²) in [7, 11) is 0. The molecule has 0 aliphatic carbocycles. The molecule has 1 aromatic heterocycles. The van der Waals surface area contributed by atoms with Gasteiger partial charge in [-0.3, -0.25) is 9.48 Å². The van der Waals surface area contributed by atoms with Crippen LogP contribution >= 0.6 is 11.6 Å². The Hall–Kier alpha value is -1.99. The standard InChI is InChI=1S/C17H21ClF2N4O/c1-16(2,3)24-8-12(15(25)22-10-17(19,20)9-21)14(23-24)11-6-4-5-7-13(11)18/h4-8H,9-10,21H2,1-3H3,(H,22,25). The van der Waals surface area contributed by atoms with E-state index in [4.69, 9.17) is 17.3 Å². The van der Waals surface area contributed by atoms with Crippen molar-refractivity contribution in [1.82, 2.24) is 15.1 Å². The maximum atomic E-state index is 13.3. The van der Waals surface area contributed by atoms with E-state index in [0.717, 1.165) is 0 Å². The fraction of sp³-hybridized carbons (Fsp3) is 0.412. The Labute approximate surface area is 150 Å². The van der Waals surface area contributed by atoms with Crippen molar-refractivity contribution in [2.45, 2.75) is 32.2 Å². The molecule has 0 aliphatic heterocycles. The van der Waals surface area contributed by atoms with E-state index < -0.39 is 30.5 Å². The number of benzene rings is 1. The van der Waals surface area contributed by atoms with Crippen LogP contribution in [0.25, 0.3) is 11.3 Å². The average molecular weight is 371 g/mol. The first-order valence-corrected chi connectivity index (χ1v) is 8.14. The molecule has 0 saturated carbocycles. The molecule has 0 fully saturated rings. The van der Waals surface area contributed by atoms with Crippen molar-refractivity contribution in [1.29, 1.82) is 0 Å². The number of aromatic nitrogens is 2. The first-order chi connectivity index (χ1) is 11.5. The summed E-state index contributed by atoms with van der Waals surface area (Å²) < 4.78 is 28.3. The zero-order valence-corrected chi connectivity index (χ0v) is 15.1. The fourth-order valence-electron chi connectivity index (χ4n) is 2.11. The molecule has 136 valence electrons. The van der Waals surface area contributed by atoms with Crippen LogP contribution in [0.3, 0.4) is 0 Å². The highest BCUT2D eigenvalue weighted by molar-refractivity contribution is 6.33. The molecule has 2 aromatic rings. The molecule has 3 N–H and O–H groups in total. The van der Waals surface area contributed by atoms with Crippen molar-refractivity contribution < 1.29 is 13.6 Å². The Bertz CT molecular complexity index is 768. The second kappa shape index (κ2) is 7.09. The van der Waals surface area contributed by atoms with Gasteiger partial charge in [0, 0.05) is 11.8 Å². The molecule has 5 nitrogen and oxygen atoms in total. The summed E-state index contributed by atoms with van der Waals surface area (Å²) in [5.41, 5.74) is 5.68. The van der Waals surface area contributed by atoms with Crippen LogP contribution in [-0.2, 0) is 5.54 Å². The number of amides is 1. The van der Waals surface area contributed by atoms with Gasteiger partial charge in [0.2, 0.25) is 0 Å². The van der Waals surface area contributed by atoms with Gasteiger partial charge in [-0.15, -0.1) is 0 Å². The largest absolute Gasteiger partial charge is 0.346 e. The highest BCUT2D eigenvalue weighted by atomic mass is 35.5. The highest BCUT2D eigenvalue weighted by Crippen LogP contribution is 2.30. The van der Waals surface area contributed by atoms with E-state index in [9.17, 15) is 13.6 Å². The van der Waals surface area contributed by atoms with E-state index in [1.807, 2.05) is 20.8 Å². The first-order valence-electron chi connectivity index (χ1n) is 7.76. The minimum absolute atomic E-state index is 0.177. The molecule has 1 amide bonds. The van der Waals surface area contributed by atoms with Gasteiger partial charge in [0.15, 0.2) is 0 Å². The van der Waals surface area contributed by atoms with Crippen LogP contribution in [0.1, 0.15) is 31.1 Å². The molecule has 0 aliphatic rings. The maximum absolute atomic E-state index is 13.3. The van der Waals surface area contributed by atoms with Gasteiger partial charge in [-0.2, -0.15) is 5.10 Å². The fourth-order valence-corrected chi connectivity index (χ4v) is 2.34. The molecule has 0 spiro atoms. The summed E-state index contributed by atoms with van der Waals surface area (Å²) in [5.74, 6) is -3.82. The maximum Gasteiger partial charge on any atom is 0.277 e. The van der Waals surface area contributed by atoms with Gasteiger partial charge in [0.1, 0.15) is 5.69 Å².